The predicted octanol–water partition coefficient (Wildman–Crippen LogP) is 16.0. The molecule has 2 atom stereocenters. The van der Waals surface area contributed by atoms with Crippen LogP contribution in [0.15, 0.2) is 84.9 Å². The van der Waals surface area contributed by atoms with E-state index >= 15 is 0 Å². The first-order chi connectivity index (χ1) is 25.5. The van der Waals surface area contributed by atoms with E-state index in [1.165, 1.54) is 87.7 Å². The Morgan fingerprint density at radius 2 is 0.800 bits per heavy atom. The molecule has 2 unspecified atom stereocenters. The first-order valence-electron chi connectivity index (χ1n) is 21.5. The van der Waals surface area contributed by atoms with Gasteiger partial charge >= 0.3 is 339 Å². The third-order valence-electron chi connectivity index (χ3n) is 14.3. The molecule has 0 aromatic heterocycles. The van der Waals surface area contributed by atoms with Crippen molar-refractivity contribution >= 4 is 15.4 Å². The summed E-state index contributed by atoms with van der Waals surface area (Å²) in [5, 5.41) is 0. The van der Waals surface area contributed by atoms with Gasteiger partial charge in [-0.15, -0.1) is 0 Å². The van der Waals surface area contributed by atoms with Crippen molar-refractivity contribution in [2.24, 2.45) is 0 Å². The van der Waals surface area contributed by atoms with Gasteiger partial charge in [0.25, 0.3) is 0 Å². The summed E-state index contributed by atoms with van der Waals surface area (Å²) in [5.74, 6) is 0. The van der Waals surface area contributed by atoms with Gasteiger partial charge in [0.05, 0.1) is 0 Å². The van der Waals surface area contributed by atoms with E-state index in [4.69, 9.17) is 0 Å². The van der Waals surface area contributed by atoms with Gasteiger partial charge < -0.3 is 0 Å². The molecule has 0 aliphatic heterocycles. The van der Waals surface area contributed by atoms with Crippen LogP contribution >= 0.6 is 0 Å². The molecule has 0 saturated heterocycles. The van der Waals surface area contributed by atoms with Gasteiger partial charge in [0.15, 0.2) is 0 Å². The molecule has 3 aliphatic carbocycles. The van der Waals surface area contributed by atoms with Crippen molar-refractivity contribution in [3.8, 4) is 22.3 Å². The molecule has 7 rings (SSSR count). The third kappa shape index (κ3) is 7.17. The van der Waals surface area contributed by atoms with Gasteiger partial charge in [-0.05, 0) is 0 Å². The molecule has 4 aromatic carbocycles. The second kappa shape index (κ2) is 13.6. The van der Waals surface area contributed by atoms with E-state index in [2.05, 4.69) is 190 Å². The number of fused-ring (bicyclic) bond motifs is 2. The van der Waals surface area contributed by atoms with Crippen LogP contribution in [-0.4, -0.2) is 3.26 Å². The monoisotopic (exact) mass is 898 g/mol. The van der Waals surface area contributed by atoms with Crippen molar-refractivity contribution in [2.45, 2.75) is 154 Å². The Kier molecular flexibility index (Phi) is 9.97. The van der Waals surface area contributed by atoms with Crippen LogP contribution in [0.3, 0.4) is 0 Å². The van der Waals surface area contributed by atoms with Crippen molar-refractivity contribution in [3.63, 3.8) is 0 Å². The standard InChI is InChI=1S/2C23H27.C6H10.2CH3.Hf/c2*1-22(2,3)18-13-17(14-19(15-18)23(4,5)6)21-12-8-10-16-9-7-11-20(16)21;1-2-4-6-5-3-1;;;/h2*7-15H,1-6H3;1-5H2;2*1H3;. The Hall–Kier alpha value is -2.90. The summed E-state index contributed by atoms with van der Waals surface area (Å²) < 4.78 is 8.68. The molecule has 1 heteroatoms. The normalized spacial score (nSPS) is 19.2. The Bertz CT molecular complexity index is 2060. The summed E-state index contributed by atoms with van der Waals surface area (Å²) in [5.41, 5.74) is 17.6. The summed E-state index contributed by atoms with van der Waals surface area (Å²) in [6.45, 7) is 28.3. The van der Waals surface area contributed by atoms with Crippen LogP contribution in [0.5, 0.6) is 0 Å². The first kappa shape index (κ1) is 40.3. The summed E-state index contributed by atoms with van der Waals surface area (Å²) in [4.78, 5) is 0. The van der Waals surface area contributed by atoms with Crippen LogP contribution in [0.1, 0.15) is 167 Å². The minimum absolute atomic E-state index is 0.0797. The van der Waals surface area contributed by atoms with Crippen molar-refractivity contribution in [1.82, 2.24) is 0 Å². The van der Waals surface area contributed by atoms with Gasteiger partial charge in [-0.25, -0.2) is 0 Å². The van der Waals surface area contributed by atoms with Gasteiger partial charge in [0, 0.05) is 0 Å². The molecule has 3 aliphatic rings. The summed E-state index contributed by atoms with van der Waals surface area (Å²) in [7, 11) is 0. The van der Waals surface area contributed by atoms with E-state index in [9.17, 15) is 0 Å². The number of allylic oxidation sites excluding steroid dienone is 2. The number of rotatable bonds is 4. The molecule has 1 saturated carbocycles. The number of hydrogen-bond acceptors (Lipinski definition) is 0. The molecule has 0 amide bonds. The minimum atomic E-state index is -4.13. The van der Waals surface area contributed by atoms with Crippen LogP contribution in [-0.2, 0) is 39.7 Å². The SMILES string of the molecule is CC(C)(C)c1cc(-c2cccc3c2C=C[CH]3[Hf]([CH3])([CH3])(=[C]2CCCCC2)[CH]2C=Cc3c(-c4cc(C(C)(C)C)cc(C(C)(C)C)c4)cccc32)cc(C(C)(C)C)c1. The fraction of sp³-hybridized carbons (Fsp3) is 0.463. The molecule has 0 N–H and O–H groups in total. The van der Waals surface area contributed by atoms with Gasteiger partial charge in [0.2, 0.25) is 0 Å². The maximum absolute atomic E-state index is 4.13. The van der Waals surface area contributed by atoms with Gasteiger partial charge in [-0.2, -0.15) is 0 Å². The van der Waals surface area contributed by atoms with Crippen molar-refractivity contribution in [3.05, 3.63) is 129 Å². The van der Waals surface area contributed by atoms with E-state index in [1.54, 1.807) is 11.1 Å². The van der Waals surface area contributed by atoms with E-state index < -0.39 is 18.0 Å². The number of hydrogen-bond donors (Lipinski definition) is 0. The topological polar surface area (TPSA) is 0 Å². The molecule has 55 heavy (non-hydrogen) atoms. The average Bonchev–Trinajstić information content (AvgIpc) is 3.77. The zero-order valence-corrected chi connectivity index (χ0v) is 40.5. The van der Waals surface area contributed by atoms with Crippen molar-refractivity contribution in [1.29, 1.82) is 0 Å². The molecular weight excluding hydrogens is 827 g/mol. The maximum atomic E-state index is 2.88. The molecule has 0 bridgehead atoms. The molecule has 0 heterocycles. The molecule has 290 valence electrons. The zero-order chi connectivity index (χ0) is 40.0. The van der Waals surface area contributed by atoms with Gasteiger partial charge in [0.1, 0.15) is 0 Å². The Labute approximate surface area is 336 Å². The van der Waals surface area contributed by atoms with Crippen LogP contribution in [0.25, 0.3) is 34.4 Å². The molecule has 0 radical (unpaired) electrons. The average molecular weight is 898 g/mol. The molecule has 0 spiro atoms. The van der Waals surface area contributed by atoms with E-state index in [0.717, 1.165) is 0 Å². The second-order valence-corrected chi connectivity index (χ2v) is 48.4. The molecule has 0 nitrogen and oxygen atoms in total. The van der Waals surface area contributed by atoms with Crippen LogP contribution < -0.4 is 0 Å². The quantitative estimate of drug-likeness (QED) is 0.179. The Balaban J connectivity index is 1.41. The fourth-order valence-electron chi connectivity index (χ4n) is 10.4. The van der Waals surface area contributed by atoms with Gasteiger partial charge in [-0.1, -0.05) is 0 Å². The Morgan fingerprint density at radius 3 is 1.13 bits per heavy atom. The van der Waals surface area contributed by atoms with Crippen LogP contribution in [0.4, 0.5) is 0 Å². The summed E-state index contributed by atoms with van der Waals surface area (Å²) >= 11 is -4.13. The second-order valence-electron chi connectivity index (χ2n) is 22.7. The van der Waals surface area contributed by atoms with E-state index in [-0.39, 0.29) is 21.7 Å². The molecule has 4 aromatic rings. The first-order valence-corrected chi connectivity index (χ1v) is 34.6. The van der Waals surface area contributed by atoms with Crippen LogP contribution in [0, 0.1) is 0 Å². The molecular formula is C54H70Hf. The summed E-state index contributed by atoms with van der Waals surface area (Å²) in [6, 6.07) is 29.5. The van der Waals surface area contributed by atoms with Gasteiger partial charge in [-0.3, -0.25) is 0 Å². The van der Waals surface area contributed by atoms with Crippen LogP contribution in [0.2, 0.25) is 9.36 Å². The Morgan fingerprint density at radius 1 is 0.455 bits per heavy atom. The van der Waals surface area contributed by atoms with Crippen molar-refractivity contribution < 1.29 is 18.0 Å². The van der Waals surface area contributed by atoms with Crippen molar-refractivity contribution in [2.75, 3.05) is 0 Å². The predicted molar refractivity (Wildman–Crippen MR) is 242 cm³/mol. The molecule has 1 fully saturated rings. The van der Waals surface area contributed by atoms with E-state index in [0.29, 0.717) is 7.35 Å². The zero-order valence-electron chi connectivity index (χ0n) is 36.9. The van der Waals surface area contributed by atoms with E-state index in [1.807, 2.05) is 3.26 Å². The fourth-order valence-corrected chi connectivity index (χ4v) is 35.5. The third-order valence-corrected chi connectivity index (χ3v) is 41.5. The summed E-state index contributed by atoms with van der Waals surface area (Å²) in [6.07, 6.45) is 17.2. The number of benzene rings is 4.